The fourth-order valence-electron chi connectivity index (χ4n) is 2.67. The van der Waals surface area contributed by atoms with Crippen molar-refractivity contribution in [1.29, 1.82) is 0 Å². The molecule has 0 bridgehead atoms. The van der Waals surface area contributed by atoms with Crippen molar-refractivity contribution in [3.05, 3.63) is 42.2 Å². The van der Waals surface area contributed by atoms with Gasteiger partial charge in [0.2, 0.25) is 0 Å². The molecular formula is C17H20N4O4. The van der Waals surface area contributed by atoms with Crippen molar-refractivity contribution in [2.24, 2.45) is 0 Å². The molecule has 1 aromatic carbocycles. The molecule has 1 unspecified atom stereocenters. The first-order valence-corrected chi connectivity index (χ1v) is 8.14. The number of hydrogen-bond acceptors (Lipinski definition) is 5. The number of carbonyl (C=O) groups is 2. The van der Waals surface area contributed by atoms with Crippen molar-refractivity contribution < 1.29 is 19.4 Å². The van der Waals surface area contributed by atoms with Crippen LogP contribution in [0.2, 0.25) is 0 Å². The lowest BCUT2D eigenvalue weighted by atomic mass is 10.2. The molecule has 1 aliphatic rings. The lowest BCUT2D eigenvalue weighted by molar-refractivity contribution is 0.0519. The molecule has 2 aromatic rings. The number of urea groups is 1. The van der Waals surface area contributed by atoms with E-state index in [-0.39, 0.29) is 18.3 Å². The highest BCUT2D eigenvalue weighted by Crippen LogP contribution is 2.21. The van der Waals surface area contributed by atoms with Crippen molar-refractivity contribution >= 4 is 17.7 Å². The number of likely N-dealkylation sites (tertiary alicyclic amines) is 1. The van der Waals surface area contributed by atoms with Crippen molar-refractivity contribution in [2.45, 2.75) is 19.4 Å². The Balaban J connectivity index is 1.79. The molecule has 8 nitrogen and oxygen atoms in total. The molecule has 0 saturated carbocycles. The van der Waals surface area contributed by atoms with Crippen molar-refractivity contribution in [3.8, 4) is 5.69 Å². The molecule has 2 amide bonds. The number of benzene rings is 1. The first-order valence-electron chi connectivity index (χ1n) is 8.14. The molecule has 1 atom stereocenters. The number of anilines is 1. The molecule has 8 heteroatoms. The van der Waals surface area contributed by atoms with Crippen LogP contribution in [-0.4, -0.2) is 57.6 Å². The Morgan fingerprint density at radius 2 is 2.16 bits per heavy atom. The van der Waals surface area contributed by atoms with E-state index in [9.17, 15) is 14.7 Å². The minimum atomic E-state index is -0.492. The minimum Gasteiger partial charge on any atom is -0.461 e. The van der Waals surface area contributed by atoms with Crippen molar-refractivity contribution in [1.82, 2.24) is 14.7 Å². The number of amides is 2. The van der Waals surface area contributed by atoms with Crippen LogP contribution in [0.4, 0.5) is 10.5 Å². The maximum Gasteiger partial charge on any atom is 0.358 e. The van der Waals surface area contributed by atoms with E-state index in [1.54, 1.807) is 42.3 Å². The molecule has 0 radical (unpaired) electrons. The predicted octanol–water partition coefficient (Wildman–Crippen LogP) is 1.65. The lowest BCUT2D eigenvalue weighted by Crippen LogP contribution is -2.33. The first-order chi connectivity index (χ1) is 12.1. The van der Waals surface area contributed by atoms with Gasteiger partial charge in [-0.05, 0) is 31.5 Å². The maximum absolute atomic E-state index is 12.3. The van der Waals surface area contributed by atoms with Gasteiger partial charge in [-0.1, -0.05) is 12.1 Å². The van der Waals surface area contributed by atoms with Gasteiger partial charge in [-0.3, -0.25) is 0 Å². The third-order valence-corrected chi connectivity index (χ3v) is 3.92. The van der Waals surface area contributed by atoms with E-state index in [4.69, 9.17) is 4.74 Å². The smallest absolute Gasteiger partial charge is 0.358 e. The highest BCUT2D eigenvalue weighted by atomic mass is 16.5. The third kappa shape index (κ3) is 3.80. The van der Waals surface area contributed by atoms with Gasteiger partial charge in [0.1, 0.15) is 0 Å². The second-order valence-corrected chi connectivity index (χ2v) is 5.70. The van der Waals surface area contributed by atoms with Crippen LogP contribution < -0.4 is 5.32 Å². The quantitative estimate of drug-likeness (QED) is 0.822. The fourth-order valence-corrected chi connectivity index (χ4v) is 2.67. The van der Waals surface area contributed by atoms with Gasteiger partial charge < -0.3 is 20.1 Å². The number of aliphatic hydroxyl groups excluding tert-OH is 1. The van der Waals surface area contributed by atoms with Gasteiger partial charge in [0.05, 0.1) is 24.1 Å². The number of ether oxygens (including phenoxy) is 1. The van der Waals surface area contributed by atoms with E-state index < -0.39 is 12.1 Å². The predicted molar refractivity (Wildman–Crippen MR) is 90.7 cm³/mol. The SMILES string of the molecule is CCOC(=O)c1ccn(-c2ccccc2NC(=O)N2CCC(O)C2)n1. The first kappa shape index (κ1) is 17.0. The monoisotopic (exact) mass is 344 g/mol. The zero-order chi connectivity index (χ0) is 17.8. The largest absolute Gasteiger partial charge is 0.461 e. The Labute approximate surface area is 145 Å². The molecule has 0 spiro atoms. The van der Waals surface area contributed by atoms with Gasteiger partial charge in [0.25, 0.3) is 0 Å². The number of esters is 1. The Bertz CT molecular complexity index is 774. The molecular weight excluding hydrogens is 324 g/mol. The average Bonchev–Trinajstić information content (AvgIpc) is 3.25. The standard InChI is InChI=1S/C17H20N4O4/c1-2-25-16(23)14-8-10-21(19-14)15-6-4-3-5-13(15)18-17(24)20-9-7-12(22)11-20/h3-6,8,10,12,22H,2,7,9,11H2,1H3,(H,18,24). The number of hydrogen-bond donors (Lipinski definition) is 2. The number of aromatic nitrogens is 2. The van der Waals surface area contributed by atoms with Crippen LogP contribution in [0.1, 0.15) is 23.8 Å². The summed E-state index contributed by atoms with van der Waals surface area (Å²) in [6, 6.07) is 8.45. The van der Waals surface area contributed by atoms with Crippen LogP contribution >= 0.6 is 0 Å². The van der Waals surface area contributed by atoms with Gasteiger partial charge >= 0.3 is 12.0 Å². The van der Waals surface area contributed by atoms with Gasteiger partial charge in [-0.15, -0.1) is 0 Å². The summed E-state index contributed by atoms with van der Waals surface area (Å²) >= 11 is 0. The second-order valence-electron chi connectivity index (χ2n) is 5.70. The van der Waals surface area contributed by atoms with Crippen molar-refractivity contribution in [3.63, 3.8) is 0 Å². The van der Waals surface area contributed by atoms with Gasteiger partial charge in [-0.2, -0.15) is 5.10 Å². The Kier molecular flexibility index (Phi) is 4.99. The molecule has 2 N–H and O–H groups in total. The number of aliphatic hydroxyl groups is 1. The summed E-state index contributed by atoms with van der Waals surface area (Å²) in [6.07, 6.45) is 1.74. The third-order valence-electron chi connectivity index (χ3n) is 3.92. The van der Waals surface area contributed by atoms with E-state index in [2.05, 4.69) is 10.4 Å². The Morgan fingerprint density at radius 1 is 1.36 bits per heavy atom. The van der Waals surface area contributed by atoms with Crippen LogP contribution in [-0.2, 0) is 4.74 Å². The summed E-state index contributed by atoms with van der Waals surface area (Å²) in [5, 5.41) is 16.6. The number of carbonyl (C=O) groups excluding carboxylic acids is 2. The van der Waals surface area contributed by atoms with E-state index in [1.807, 2.05) is 6.07 Å². The average molecular weight is 344 g/mol. The molecule has 1 saturated heterocycles. The summed E-state index contributed by atoms with van der Waals surface area (Å²) in [6.45, 7) is 2.85. The zero-order valence-electron chi connectivity index (χ0n) is 13.9. The van der Waals surface area contributed by atoms with E-state index >= 15 is 0 Å². The fraction of sp³-hybridized carbons (Fsp3) is 0.353. The topological polar surface area (TPSA) is 96.7 Å². The highest BCUT2D eigenvalue weighted by Gasteiger charge is 2.25. The molecule has 3 rings (SSSR count). The number of nitrogens with zero attached hydrogens (tertiary/aromatic N) is 3. The molecule has 1 aliphatic heterocycles. The number of nitrogens with one attached hydrogen (secondary N) is 1. The Hall–Kier alpha value is -2.87. The molecule has 25 heavy (non-hydrogen) atoms. The lowest BCUT2D eigenvalue weighted by Gasteiger charge is -2.18. The summed E-state index contributed by atoms with van der Waals surface area (Å²) < 4.78 is 6.45. The summed E-state index contributed by atoms with van der Waals surface area (Å²) in [5.41, 5.74) is 1.39. The molecule has 2 heterocycles. The zero-order valence-corrected chi connectivity index (χ0v) is 13.9. The summed E-state index contributed by atoms with van der Waals surface area (Å²) in [4.78, 5) is 25.7. The van der Waals surface area contributed by atoms with Crippen LogP contribution in [0.3, 0.4) is 0 Å². The number of rotatable bonds is 4. The van der Waals surface area contributed by atoms with Crippen LogP contribution in [0, 0.1) is 0 Å². The molecule has 0 aliphatic carbocycles. The van der Waals surface area contributed by atoms with Crippen LogP contribution in [0.25, 0.3) is 5.69 Å². The van der Waals surface area contributed by atoms with Crippen molar-refractivity contribution in [2.75, 3.05) is 25.0 Å². The Morgan fingerprint density at radius 3 is 2.88 bits per heavy atom. The van der Waals surface area contributed by atoms with E-state index in [0.717, 1.165) is 0 Å². The maximum atomic E-state index is 12.3. The minimum absolute atomic E-state index is 0.200. The van der Waals surface area contributed by atoms with Gasteiger partial charge in [0.15, 0.2) is 5.69 Å². The molecule has 1 aromatic heterocycles. The number of β-amino-alcohol motifs (C(OH)–C–C–N with tert-alkyl or cyclic N) is 1. The normalized spacial score (nSPS) is 16.7. The van der Waals surface area contributed by atoms with E-state index in [1.165, 1.54) is 4.68 Å². The highest BCUT2D eigenvalue weighted by molar-refractivity contribution is 5.92. The number of para-hydroxylation sites is 2. The molecule has 1 fully saturated rings. The van der Waals surface area contributed by atoms with Crippen LogP contribution in [0.5, 0.6) is 0 Å². The second kappa shape index (κ2) is 7.35. The van der Waals surface area contributed by atoms with Gasteiger partial charge in [-0.25, -0.2) is 14.3 Å². The van der Waals surface area contributed by atoms with E-state index in [0.29, 0.717) is 30.9 Å². The van der Waals surface area contributed by atoms with Crippen LogP contribution in [0.15, 0.2) is 36.5 Å². The summed E-state index contributed by atoms with van der Waals surface area (Å²) in [5.74, 6) is -0.492. The molecule has 132 valence electrons. The van der Waals surface area contributed by atoms with Gasteiger partial charge in [0, 0.05) is 19.3 Å². The summed E-state index contributed by atoms with van der Waals surface area (Å²) in [7, 11) is 0.